The maximum Gasteiger partial charge on any atom is 0.255 e. The number of aromatic nitrogens is 3. The van der Waals surface area contributed by atoms with Crippen LogP contribution in [0.25, 0.3) is 11.0 Å². The standard InChI is InChI=1S/C18H19N3OS/c1-3-9-21-16-15(12-19-18(20-16)23-2)11-14(17(21)22)10-13-7-5-4-6-8-13/h4-8,11-12H,3,9-10H2,1-2H3. The number of pyridine rings is 1. The molecule has 3 aromatic rings. The zero-order valence-electron chi connectivity index (χ0n) is 13.3. The molecule has 0 aliphatic carbocycles. The fourth-order valence-electron chi connectivity index (χ4n) is 2.68. The molecule has 0 bridgehead atoms. The molecule has 4 nitrogen and oxygen atoms in total. The second-order valence-corrected chi connectivity index (χ2v) is 6.20. The van der Waals surface area contributed by atoms with Gasteiger partial charge in [0.05, 0.1) is 0 Å². The van der Waals surface area contributed by atoms with E-state index in [2.05, 4.69) is 16.9 Å². The molecule has 0 atom stereocenters. The highest BCUT2D eigenvalue weighted by Gasteiger charge is 2.11. The monoisotopic (exact) mass is 325 g/mol. The van der Waals surface area contributed by atoms with E-state index in [0.717, 1.165) is 28.6 Å². The van der Waals surface area contributed by atoms with Crippen LogP contribution in [0.3, 0.4) is 0 Å². The summed E-state index contributed by atoms with van der Waals surface area (Å²) in [5, 5.41) is 1.61. The molecule has 0 aliphatic heterocycles. The molecule has 0 saturated heterocycles. The van der Waals surface area contributed by atoms with Crippen LogP contribution in [0, 0.1) is 0 Å². The van der Waals surface area contributed by atoms with Gasteiger partial charge < -0.3 is 0 Å². The maximum absolute atomic E-state index is 12.9. The van der Waals surface area contributed by atoms with Crippen LogP contribution in [-0.2, 0) is 13.0 Å². The van der Waals surface area contributed by atoms with Gasteiger partial charge in [-0.3, -0.25) is 9.36 Å². The topological polar surface area (TPSA) is 47.8 Å². The summed E-state index contributed by atoms with van der Waals surface area (Å²) in [6.45, 7) is 2.74. The Kier molecular flexibility index (Phi) is 4.76. The average molecular weight is 325 g/mol. The second kappa shape index (κ2) is 6.96. The zero-order valence-corrected chi connectivity index (χ0v) is 14.1. The highest BCUT2D eigenvalue weighted by Crippen LogP contribution is 2.17. The molecule has 0 spiro atoms. The molecule has 0 saturated carbocycles. The number of nitrogens with zero attached hydrogens (tertiary/aromatic N) is 3. The van der Waals surface area contributed by atoms with E-state index >= 15 is 0 Å². The summed E-state index contributed by atoms with van der Waals surface area (Å²) in [5.74, 6) is 0. The SMILES string of the molecule is CCCn1c(=O)c(Cc2ccccc2)cc2cnc(SC)nc21. The quantitative estimate of drug-likeness (QED) is 0.532. The summed E-state index contributed by atoms with van der Waals surface area (Å²) in [4.78, 5) is 21.7. The molecule has 0 N–H and O–H groups in total. The molecule has 2 aromatic heterocycles. The third-order valence-electron chi connectivity index (χ3n) is 3.75. The Morgan fingerprint density at radius 1 is 1.22 bits per heavy atom. The Morgan fingerprint density at radius 2 is 2.00 bits per heavy atom. The van der Waals surface area contributed by atoms with Crippen LogP contribution in [0.15, 0.2) is 52.5 Å². The molecule has 0 fully saturated rings. The third kappa shape index (κ3) is 3.29. The van der Waals surface area contributed by atoms with Crippen molar-refractivity contribution >= 4 is 22.8 Å². The van der Waals surface area contributed by atoms with Gasteiger partial charge in [0.1, 0.15) is 5.65 Å². The van der Waals surface area contributed by atoms with Gasteiger partial charge >= 0.3 is 0 Å². The Morgan fingerprint density at radius 3 is 2.70 bits per heavy atom. The lowest BCUT2D eigenvalue weighted by Gasteiger charge is -2.12. The minimum atomic E-state index is 0.0500. The van der Waals surface area contributed by atoms with E-state index < -0.39 is 0 Å². The highest BCUT2D eigenvalue weighted by molar-refractivity contribution is 7.98. The van der Waals surface area contributed by atoms with Crippen molar-refractivity contribution in [2.45, 2.75) is 31.5 Å². The van der Waals surface area contributed by atoms with Crippen molar-refractivity contribution in [3.05, 3.63) is 64.1 Å². The molecule has 3 rings (SSSR count). The van der Waals surface area contributed by atoms with Crippen LogP contribution < -0.4 is 5.56 Å². The number of benzene rings is 1. The van der Waals surface area contributed by atoms with Crippen molar-refractivity contribution in [2.75, 3.05) is 6.26 Å². The molecular formula is C18H19N3OS. The minimum Gasteiger partial charge on any atom is -0.292 e. The number of fused-ring (bicyclic) bond motifs is 1. The van der Waals surface area contributed by atoms with Gasteiger partial charge in [-0.25, -0.2) is 9.97 Å². The van der Waals surface area contributed by atoms with E-state index in [0.29, 0.717) is 18.1 Å². The van der Waals surface area contributed by atoms with Gasteiger partial charge in [-0.2, -0.15) is 0 Å². The average Bonchev–Trinajstić information content (AvgIpc) is 2.59. The van der Waals surface area contributed by atoms with Gasteiger partial charge in [-0.05, 0) is 24.3 Å². The first kappa shape index (κ1) is 15.7. The van der Waals surface area contributed by atoms with Crippen molar-refractivity contribution in [2.24, 2.45) is 0 Å². The molecule has 1 aromatic carbocycles. The number of hydrogen-bond acceptors (Lipinski definition) is 4. The first-order valence-corrected chi connectivity index (χ1v) is 8.92. The largest absolute Gasteiger partial charge is 0.292 e. The Labute approximate surface area is 139 Å². The predicted octanol–water partition coefficient (Wildman–Crippen LogP) is 3.51. The van der Waals surface area contributed by atoms with Gasteiger partial charge in [-0.15, -0.1) is 0 Å². The predicted molar refractivity (Wildman–Crippen MR) is 95.1 cm³/mol. The summed E-state index contributed by atoms with van der Waals surface area (Å²) in [6, 6.07) is 12.0. The molecule has 23 heavy (non-hydrogen) atoms. The van der Waals surface area contributed by atoms with Crippen LogP contribution in [0.5, 0.6) is 0 Å². The first-order valence-electron chi connectivity index (χ1n) is 7.70. The zero-order chi connectivity index (χ0) is 16.2. The Balaban J connectivity index is 2.16. The number of hydrogen-bond donors (Lipinski definition) is 0. The number of rotatable bonds is 5. The fourth-order valence-corrected chi connectivity index (χ4v) is 3.01. The molecule has 118 valence electrons. The molecule has 0 amide bonds. The van der Waals surface area contributed by atoms with Crippen molar-refractivity contribution in [1.29, 1.82) is 0 Å². The normalized spacial score (nSPS) is 11.0. The third-order valence-corrected chi connectivity index (χ3v) is 4.31. The van der Waals surface area contributed by atoms with E-state index in [1.54, 1.807) is 4.57 Å². The van der Waals surface area contributed by atoms with E-state index in [1.807, 2.05) is 48.9 Å². The molecule has 0 aliphatic rings. The summed E-state index contributed by atoms with van der Waals surface area (Å²) in [7, 11) is 0. The van der Waals surface area contributed by atoms with Crippen molar-refractivity contribution in [1.82, 2.24) is 14.5 Å². The van der Waals surface area contributed by atoms with E-state index in [1.165, 1.54) is 11.8 Å². The Hall–Kier alpha value is -2.14. The minimum absolute atomic E-state index is 0.0500. The van der Waals surface area contributed by atoms with E-state index in [4.69, 9.17) is 0 Å². The van der Waals surface area contributed by atoms with Crippen LogP contribution in [0.2, 0.25) is 0 Å². The van der Waals surface area contributed by atoms with Crippen molar-refractivity contribution < 1.29 is 0 Å². The first-order chi connectivity index (χ1) is 11.2. The summed E-state index contributed by atoms with van der Waals surface area (Å²) in [5.41, 5.74) is 2.70. The summed E-state index contributed by atoms with van der Waals surface area (Å²) >= 11 is 1.49. The van der Waals surface area contributed by atoms with Gasteiger partial charge in [0.2, 0.25) is 0 Å². The molecule has 0 unspecified atom stereocenters. The molecule has 2 heterocycles. The lowest BCUT2D eigenvalue weighted by molar-refractivity contribution is 0.662. The van der Waals surface area contributed by atoms with Crippen LogP contribution >= 0.6 is 11.8 Å². The Bertz CT molecular complexity index is 875. The lowest BCUT2D eigenvalue weighted by Crippen LogP contribution is -2.25. The van der Waals surface area contributed by atoms with E-state index in [-0.39, 0.29) is 5.56 Å². The van der Waals surface area contributed by atoms with Crippen molar-refractivity contribution in [3.8, 4) is 0 Å². The maximum atomic E-state index is 12.9. The molecule has 0 radical (unpaired) electrons. The van der Waals surface area contributed by atoms with Crippen molar-refractivity contribution in [3.63, 3.8) is 0 Å². The molecular weight excluding hydrogens is 306 g/mol. The van der Waals surface area contributed by atoms with Crippen LogP contribution in [0.4, 0.5) is 0 Å². The summed E-state index contributed by atoms with van der Waals surface area (Å²) in [6.07, 6.45) is 5.27. The van der Waals surface area contributed by atoms with Gasteiger partial charge in [0, 0.05) is 30.1 Å². The lowest BCUT2D eigenvalue weighted by atomic mass is 10.1. The highest BCUT2D eigenvalue weighted by atomic mass is 32.2. The smallest absolute Gasteiger partial charge is 0.255 e. The summed E-state index contributed by atoms with van der Waals surface area (Å²) < 4.78 is 1.79. The van der Waals surface area contributed by atoms with Crippen LogP contribution in [-0.4, -0.2) is 20.8 Å². The fraction of sp³-hybridized carbons (Fsp3) is 0.278. The molecule has 5 heteroatoms. The van der Waals surface area contributed by atoms with Gasteiger partial charge in [-0.1, -0.05) is 49.0 Å². The number of aryl methyl sites for hydroxylation is 1. The van der Waals surface area contributed by atoms with E-state index in [9.17, 15) is 4.79 Å². The van der Waals surface area contributed by atoms with Gasteiger partial charge in [0.25, 0.3) is 5.56 Å². The second-order valence-electron chi connectivity index (χ2n) is 5.42. The van der Waals surface area contributed by atoms with Gasteiger partial charge in [0.15, 0.2) is 5.16 Å². The van der Waals surface area contributed by atoms with Crippen LogP contribution in [0.1, 0.15) is 24.5 Å². The number of thioether (sulfide) groups is 1.